The fourth-order valence-corrected chi connectivity index (χ4v) is 3.71. The third kappa shape index (κ3) is 4.25. The molecule has 4 rings (SSSR count). The molecule has 0 unspecified atom stereocenters. The normalized spacial score (nSPS) is 13.4. The SMILES string of the molecule is O=C(Nc1ccccc1)c1nnc(C(Cl)=CC2=Cc3cc(Cl)ccc3OC2)s1. The van der Waals surface area contributed by atoms with Gasteiger partial charge in [0.05, 0.1) is 5.03 Å². The number of anilines is 1. The summed E-state index contributed by atoms with van der Waals surface area (Å²) in [5.74, 6) is 0.441. The Morgan fingerprint density at radius 1 is 1.14 bits per heavy atom. The second-order valence-electron chi connectivity index (χ2n) is 5.91. The molecule has 2 aromatic carbocycles. The van der Waals surface area contributed by atoms with Crippen molar-refractivity contribution in [1.82, 2.24) is 10.2 Å². The Morgan fingerprint density at radius 2 is 1.93 bits per heavy atom. The van der Waals surface area contributed by atoms with E-state index in [9.17, 15) is 4.79 Å². The van der Waals surface area contributed by atoms with Crippen LogP contribution in [0.1, 0.15) is 20.4 Å². The largest absolute Gasteiger partial charge is 0.488 e. The Morgan fingerprint density at radius 3 is 2.75 bits per heavy atom. The van der Waals surface area contributed by atoms with Crippen LogP contribution >= 0.6 is 34.5 Å². The van der Waals surface area contributed by atoms with Crippen molar-refractivity contribution in [3.8, 4) is 5.75 Å². The van der Waals surface area contributed by atoms with Gasteiger partial charge in [0.1, 0.15) is 12.4 Å². The number of benzene rings is 2. The standard InChI is InChI=1S/C20H13Cl2N3O2S/c21-14-6-7-17-13(10-14)8-12(11-27-17)9-16(22)19-24-25-20(28-19)18(26)23-15-4-2-1-3-5-15/h1-10H,11H2,(H,23,26). The summed E-state index contributed by atoms with van der Waals surface area (Å²) in [6.45, 7) is 0.380. The molecule has 5 nitrogen and oxygen atoms in total. The van der Waals surface area contributed by atoms with Crippen LogP contribution in [-0.2, 0) is 0 Å². The Hall–Kier alpha value is -2.67. The zero-order valence-corrected chi connectivity index (χ0v) is 16.7. The van der Waals surface area contributed by atoms with Crippen LogP contribution in [0.15, 0.2) is 60.2 Å². The van der Waals surface area contributed by atoms with Crippen molar-refractivity contribution in [2.45, 2.75) is 0 Å². The number of nitrogens with zero attached hydrogens (tertiary/aromatic N) is 2. The fraction of sp³-hybridized carbons (Fsp3) is 0.0500. The van der Waals surface area contributed by atoms with Crippen LogP contribution in [0.25, 0.3) is 11.1 Å². The highest BCUT2D eigenvalue weighted by atomic mass is 35.5. The van der Waals surface area contributed by atoms with Gasteiger partial charge in [0, 0.05) is 16.3 Å². The van der Waals surface area contributed by atoms with Crippen molar-refractivity contribution < 1.29 is 9.53 Å². The van der Waals surface area contributed by atoms with Gasteiger partial charge in [0.2, 0.25) is 5.01 Å². The maximum Gasteiger partial charge on any atom is 0.286 e. The summed E-state index contributed by atoms with van der Waals surface area (Å²) < 4.78 is 5.71. The lowest BCUT2D eigenvalue weighted by Gasteiger charge is -2.16. The predicted molar refractivity (Wildman–Crippen MR) is 113 cm³/mol. The van der Waals surface area contributed by atoms with Crippen LogP contribution in [0.4, 0.5) is 5.69 Å². The molecule has 0 saturated carbocycles. The molecule has 1 aromatic heterocycles. The Balaban J connectivity index is 1.51. The molecule has 1 amide bonds. The number of hydrogen-bond acceptors (Lipinski definition) is 5. The third-order valence-corrected chi connectivity index (χ3v) is 5.46. The van der Waals surface area contributed by atoms with E-state index in [0.29, 0.717) is 27.4 Å². The van der Waals surface area contributed by atoms with Crippen molar-refractivity contribution >= 4 is 57.2 Å². The van der Waals surface area contributed by atoms with E-state index in [1.54, 1.807) is 24.3 Å². The van der Waals surface area contributed by atoms with Gasteiger partial charge in [-0.2, -0.15) is 0 Å². The average molecular weight is 430 g/mol. The number of fused-ring (bicyclic) bond motifs is 1. The summed E-state index contributed by atoms with van der Waals surface area (Å²) in [4.78, 5) is 12.3. The van der Waals surface area contributed by atoms with Crippen LogP contribution < -0.4 is 10.1 Å². The van der Waals surface area contributed by atoms with Crippen LogP contribution in [-0.4, -0.2) is 22.7 Å². The zero-order valence-electron chi connectivity index (χ0n) is 14.4. The molecule has 0 atom stereocenters. The van der Waals surface area contributed by atoms with Gasteiger partial charge < -0.3 is 10.1 Å². The molecule has 0 spiro atoms. The zero-order chi connectivity index (χ0) is 19.5. The molecule has 1 N–H and O–H groups in total. The lowest BCUT2D eigenvalue weighted by molar-refractivity contribution is 0.102. The van der Waals surface area contributed by atoms with Gasteiger partial charge in [0.15, 0.2) is 5.01 Å². The fourth-order valence-electron chi connectivity index (χ4n) is 2.59. The first-order valence-electron chi connectivity index (χ1n) is 8.29. The van der Waals surface area contributed by atoms with E-state index in [1.165, 1.54) is 0 Å². The van der Waals surface area contributed by atoms with Crippen molar-refractivity contribution in [3.05, 3.63) is 80.8 Å². The third-order valence-electron chi connectivity index (χ3n) is 3.87. The van der Waals surface area contributed by atoms with E-state index in [4.69, 9.17) is 27.9 Å². The van der Waals surface area contributed by atoms with Gasteiger partial charge in [-0.25, -0.2) is 0 Å². The molecule has 1 aliphatic heterocycles. The minimum atomic E-state index is -0.330. The lowest BCUT2D eigenvalue weighted by Crippen LogP contribution is -2.11. The summed E-state index contributed by atoms with van der Waals surface area (Å²) in [5, 5.41) is 12.4. The van der Waals surface area contributed by atoms with Crippen LogP contribution in [0.3, 0.4) is 0 Å². The van der Waals surface area contributed by atoms with Crippen LogP contribution in [0.2, 0.25) is 5.02 Å². The average Bonchev–Trinajstić information content (AvgIpc) is 3.19. The first-order chi connectivity index (χ1) is 13.6. The van der Waals surface area contributed by atoms with Gasteiger partial charge in [-0.1, -0.05) is 52.7 Å². The molecule has 1 aliphatic rings. The van der Waals surface area contributed by atoms with Gasteiger partial charge in [-0.3, -0.25) is 4.79 Å². The molecule has 0 aliphatic carbocycles. The summed E-state index contributed by atoms with van der Waals surface area (Å²) >= 11 is 13.5. The van der Waals surface area contributed by atoms with Crippen molar-refractivity contribution in [2.75, 3.05) is 11.9 Å². The second kappa shape index (κ2) is 8.14. The maximum absolute atomic E-state index is 12.3. The van der Waals surface area contributed by atoms with E-state index in [1.807, 2.05) is 36.4 Å². The van der Waals surface area contributed by atoms with E-state index >= 15 is 0 Å². The topological polar surface area (TPSA) is 64.1 Å². The number of rotatable bonds is 4. The second-order valence-corrected chi connectivity index (χ2v) is 7.74. The predicted octanol–water partition coefficient (Wildman–Crippen LogP) is 5.50. The first-order valence-corrected chi connectivity index (χ1v) is 9.86. The number of aromatic nitrogens is 2. The molecule has 0 saturated heterocycles. The lowest BCUT2D eigenvalue weighted by atomic mass is 10.1. The molecule has 28 heavy (non-hydrogen) atoms. The Labute approximate surface area is 175 Å². The van der Waals surface area contributed by atoms with Gasteiger partial charge in [-0.05, 0) is 48.1 Å². The smallest absolute Gasteiger partial charge is 0.286 e. The molecule has 0 fully saturated rings. The number of nitrogens with one attached hydrogen (secondary N) is 1. The number of carbonyl (C=O) groups is 1. The molecule has 0 bridgehead atoms. The monoisotopic (exact) mass is 429 g/mol. The van der Waals surface area contributed by atoms with Crippen LogP contribution in [0.5, 0.6) is 5.75 Å². The minimum Gasteiger partial charge on any atom is -0.488 e. The minimum absolute atomic E-state index is 0.233. The highest BCUT2D eigenvalue weighted by molar-refractivity contribution is 7.15. The molecule has 0 radical (unpaired) electrons. The quantitative estimate of drug-likeness (QED) is 0.594. The molecular formula is C20H13Cl2N3O2S. The number of halogens is 2. The number of para-hydroxylation sites is 1. The molecule has 140 valence electrons. The van der Waals surface area contributed by atoms with Gasteiger partial charge >= 0.3 is 0 Å². The number of ether oxygens (including phenoxy) is 1. The number of amides is 1. The van der Waals surface area contributed by atoms with Crippen molar-refractivity contribution in [2.24, 2.45) is 0 Å². The highest BCUT2D eigenvalue weighted by Gasteiger charge is 2.16. The number of hydrogen-bond donors (Lipinski definition) is 1. The number of carbonyl (C=O) groups excluding carboxylic acids is 1. The van der Waals surface area contributed by atoms with Crippen LogP contribution in [0, 0.1) is 0 Å². The van der Waals surface area contributed by atoms with E-state index < -0.39 is 0 Å². The molecular weight excluding hydrogens is 417 g/mol. The molecule has 8 heteroatoms. The summed E-state index contributed by atoms with van der Waals surface area (Å²) in [5.41, 5.74) is 2.44. The molecule has 3 aromatic rings. The van der Waals surface area contributed by atoms with Gasteiger partial charge in [0.25, 0.3) is 5.91 Å². The summed E-state index contributed by atoms with van der Waals surface area (Å²) in [6, 6.07) is 14.6. The summed E-state index contributed by atoms with van der Waals surface area (Å²) in [7, 11) is 0. The Bertz CT molecular complexity index is 1090. The summed E-state index contributed by atoms with van der Waals surface area (Å²) in [6.07, 6.45) is 3.71. The van der Waals surface area contributed by atoms with Gasteiger partial charge in [-0.15, -0.1) is 10.2 Å². The molecule has 2 heterocycles. The van der Waals surface area contributed by atoms with Crippen molar-refractivity contribution in [3.63, 3.8) is 0 Å². The van der Waals surface area contributed by atoms with E-state index in [-0.39, 0.29) is 10.9 Å². The highest BCUT2D eigenvalue weighted by Crippen LogP contribution is 2.31. The maximum atomic E-state index is 12.3. The first kappa shape index (κ1) is 18.7. The Kier molecular flexibility index (Phi) is 5.43. The van der Waals surface area contributed by atoms with E-state index in [2.05, 4.69) is 15.5 Å². The van der Waals surface area contributed by atoms with Crippen molar-refractivity contribution in [1.29, 1.82) is 0 Å². The van der Waals surface area contributed by atoms with E-state index in [0.717, 1.165) is 28.2 Å².